The monoisotopic (exact) mass is 412 g/mol. The molecule has 8 heteroatoms. The molecule has 1 aromatic carbocycles. The van der Waals surface area contributed by atoms with Crippen molar-refractivity contribution in [1.82, 2.24) is 14.8 Å². The number of anilines is 1. The Bertz CT molecular complexity index is 1070. The van der Waals surface area contributed by atoms with Gasteiger partial charge in [0.1, 0.15) is 5.82 Å². The second-order valence-corrected chi connectivity index (χ2v) is 7.71. The summed E-state index contributed by atoms with van der Waals surface area (Å²) in [6, 6.07) is 7.10. The molecule has 158 valence electrons. The Morgan fingerprint density at radius 3 is 2.37 bits per heavy atom. The van der Waals surface area contributed by atoms with Gasteiger partial charge in [-0.2, -0.15) is 5.10 Å². The van der Waals surface area contributed by atoms with Gasteiger partial charge >= 0.3 is 5.97 Å². The summed E-state index contributed by atoms with van der Waals surface area (Å²) in [7, 11) is 0. The third-order valence-corrected chi connectivity index (χ3v) is 4.65. The van der Waals surface area contributed by atoms with Crippen molar-refractivity contribution >= 4 is 28.6 Å². The van der Waals surface area contributed by atoms with E-state index in [2.05, 4.69) is 15.4 Å². The number of ether oxygens (including phenoxy) is 1. The van der Waals surface area contributed by atoms with Gasteiger partial charge in [0.2, 0.25) is 0 Å². The van der Waals surface area contributed by atoms with Crippen LogP contribution < -0.4 is 5.32 Å². The number of hydrogen-bond donors (Lipinski definition) is 1. The van der Waals surface area contributed by atoms with Crippen molar-refractivity contribution in [3.63, 3.8) is 0 Å². The van der Waals surface area contributed by atoms with Gasteiger partial charge in [0.05, 0.1) is 17.1 Å². The van der Waals surface area contributed by atoms with Crippen molar-refractivity contribution in [3.8, 4) is 0 Å². The predicted molar refractivity (Wildman–Crippen MR) is 112 cm³/mol. The first-order valence-corrected chi connectivity index (χ1v) is 9.83. The Morgan fingerprint density at radius 1 is 1.10 bits per heavy atom. The molecule has 30 heavy (non-hydrogen) atoms. The van der Waals surface area contributed by atoms with E-state index in [9.17, 15) is 14.0 Å². The SMILES string of the molecule is CC(C)c1cc(C(=O)O[C@@H](C)C(=O)Nc2ccc(F)cc2)c2cnn(C(C)C)c2n1. The van der Waals surface area contributed by atoms with Gasteiger partial charge in [-0.25, -0.2) is 18.9 Å². The van der Waals surface area contributed by atoms with Crippen molar-refractivity contribution in [2.75, 3.05) is 5.32 Å². The van der Waals surface area contributed by atoms with Gasteiger partial charge in [-0.3, -0.25) is 4.79 Å². The van der Waals surface area contributed by atoms with Gasteiger partial charge in [0, 0.05) is 17.4 Å². The number of fused-ring (bicyclic) bond motifs is 1. The van der Waals surface area contributed by atoms with Gasteiger partial charge in [0.15, 0.2) is 11.8 Å². The summed E-state index contributed by atoms with van der Waals surface area (Å²) in [5.41, 5.74) is 2.07. The molecular weight excluding hydrogens is 387 g/mol. The number of carbonyl (C=O) groups excluding carboxylic acids is 2. The Morgan fingerprint density at radius 2 is 1.77 bits per heavy atom. The Kier molecular flexibility index (Phi) is 6.14. The Hall–Kier alpha value is -3.29. The van der Waals surface area contributed by atoms with E-state index in [-0.39, 0.29) is 12.0 Å². The standard InChI is InChI=1S/C22H25FN4O3/c1-12(2)19-10-17(18-11-24-27(13(3)4)20(18)26-19)22(29)30-14(5)21(28)25-16-8-6-15(23)7-9-16/h6-14H,1-5H3,(H,25,28)/t14-/m0/s1. The smallest absolute Gasteiger partial charge is 0.339 e. The van der Waals surface area contributed by atoms with E-state index in [0.29, 0.717) is 22.3 Å². The summed E-state index contributed by atoms with van der Waals surface area (Å²) in [4.78, 5) is 30.0. The fourth-order valence-corrected chi connectivity index (χ4v) is 2.93. The Labute approximate surface area is 174 Å². The number of nitrogens with one attached hydrogen (secondary N) is 1. The van der Waals surface area contributed by atoms with Gasteiger partial charge in [-0.1, -0.05) is 13.8 Å². The molecule has 0 spiro atoms. The zero-order chi connectivity index (χ0) is 22.0. The first-order chi connectivity index (χ1) is 14.2. The molecule has 7 nitrogen and oxygen atoms in total. The van der Waals surface area contributed by atoms with E-state index in [4.69, 9.17) is 4.74 Å². The summed E-state index contributed by atoms with van der Waals surface area (Å²) in [5, 5.41) is 7.53. The lowest BCUT2D eigenvalue weighted by Crippen LogP contribution is -2.30. The first kappa shape index (κ1) is 21.4. The Balaban J connectivity index is 1.85. The highest BCUT2D eigenvalue weighted by Gasteiger charge is 2.24. The van der Waals surface area contributed by atoms with Gasteiger partial charge in [-0.05, 0) is 57.0 Å². The number of halogens is 1. The maximum atomic E-state index is 13.0. The molecular formula is C22H25FN4O3. The molecule has 1 atom stereocenters. The molecule has 0 saturated carbocycles. The lowest BCUT2D eigenvalue weighted by atomic mass is 10.1. The van der Waals surface area contributed by atoms with Gasteiger partial charge in [-0.15, -0.1) is 0 Å². The molecule has 3 rings (SSSR count). The van der Waals surface area contributed by atoms with Crippen LogP contribution in [0.25, 0.3) is 11.0 Å². The number of esters is 1. The van der Waals surface area contributed by atoms with Crippen LogP contribution >= 0.6 is 0 Å². The van der Waals surface area contributed by atoms with Crippen molar-refractivity contribution in [2.24, 2.45) is 0 Å². The van der Waals surface area contributed by atoms with Crippen LogP contribution in [0.5, 0.6) is 0 Å². The van der Waals surface area contributed by atoms with Crippen molar-refractivity contribution in [2.45, 2.75) is 52.7 Å². The summed E-state index contributed by atoms with van der Waals surface area (Å²) < 4.78 is 20.2. The summed E-state index contributed by atoms with van der Waals surface area (Å²) in [6.45, 7) is 9.42. The van der Waals surface area contributed by atoms with E-state index in [1.165, 1.54) is 31.2 Å². The maximum Gasteiger partial charge on any atom is 0.339 e. The van der Waals surface area contributed by atoms with Crippen molar-refractivity contribution in [1.29, 1.82) is 0 Å². The minimum absolute atomic E-state index is 0.0710. The summed E-state index contributed by atoms with van der Waals surface area (Å²) in [5.74, 6) is -1.45. The number of nitrogens with zero attached hydrogens (tertiary/aromatic N) is 3. The molecule has 1 N–H and O–H groups in total. The van der Waals surface area contributed by atoms with Crippen molar-refractivity contribution < 1.29 is 18.7 Å². The fourth-order valence-electron chi connectivity index (χ4n) is 2.93. The molecule has 0 unspecified atom stereocenters. The third kappa shape index (κ3) is 4.48. The number of benzene rings is 1. The number of pyridine rings is 1. The molecule has 0 radical (unpaired) electrons. The lowest BCUT2D eigenvalue weighted by Gasteiger charge is -2.15. The van der Waals surface area contributed by atoms with E-state index >= 15 is 0 Å². The van der Waals surface area contributed by atoms with E-state index in [1.54, 1.807) is 16.9 Å². The average Bonchev–Trinajstić information content (AvgIpc) is 3.13. The van der Waals surface area contributed by atoms with Crippen LogP contribution in [0.15, 0.2) is 36.5 Å². The van der Waals surface area contributed by atoms with Gasteiger partial charge < -0.3 is 10.1 Å². The zero-order valence-electron chi connectivity index (χ0n) is 17.6. The van der Waals surface area contributed by atoms with Crippen LogP contribution in [0, 0.1) is 5.82 Å². The largest absolute Gasteiger partial charge is 0.449 e. The van der Waals surface area contributed by atoms with Crippen LogP contribution in [0.3, 0.4) is 0 Å². The highest BCUT2D eigenvalue weighted by Crippen LogP contribution is 2.25. The highest BCUT2D eigenvalue weighted by atomic mass is 19.1. The minimum Gasteiger partial charge on any atom is -0.449 e. The van der Waals surface area contributed by atoms with Crippen LogP contribution in [0.2, 0.25) is 0 Å². The number of amides is 1. The molecule has 2 heterocycles. The molecule has 0 aliphatic carbocycles. The number of hydrogen-bond acceptors (Lipinski definition) is 5. The van der Waals surface area contributed by atoms with E-state index < -0.39 is 23.8 Å². The van der Waals surface area contributed by atoms with Crippen molar-refractivity contribution in [3.05, 3.63) is 53.6 Å². The zero-order valence-corrected chi connectivity index (χ0v) is 17.6. The molecule has 0 aliphatic rings. The minimum atomic E-state index is -1.05. The molecule has 0 saturated heterocycles. The summed E-state index contributed by atoms with van der Waals surface area (Å²) in [6.07, 6.45) is 0.542. The second kappa shape index (κ2) is 8.61. The first-order valence-electron chi connectivity index (χ1n) is 9.83. The van der Waals surface area contributed by atoms with E-state index in [1.807, 2.05) is 27.7 Å². The fraction of sp³-hybridized carbons (Fsp3) is 0.364. The third-order valence-electron chi connectivity index (χ3n) is 4.65. The van der Waals surface area contributed by atoms with Crippen LogP contribution in [-0.2, 0) is 9.53 Å². The molecule has 0 aliphatic heterocycles. The normalized spacial score (nSPS) is 12.4. The average molecular weight is 412 g/mol. The quantitative estimate of drug-likeness (QED) is 0.604. The highest BCUT2D eigenvalue weighted by molar-refractivity contribution is 6.04. The molecule has 3 aromatic rings. The summed E-state index contributed by atoms with van der Waals surface area (Å²) >= 11 is 0. The second-order valence-electron chi connectivity index (χ2n) is 7.71. The maximum absolute atomic E-state index is 13.0. The lowest BCUT2D eigenvalue weighted by molar-refractivity contribution is -0.123. The number of carbonyl (C=O) groups is 2. The van der Waals surface area contributed by atoms with E-state index in [0.717, 1.165) is 5.69 Å². The van der Waals surface area contributed by atoms with Crippen LogP contribution in [0.4, 0.5) is 10.1 Å². The predicted octanol–water partition coefficient (Wildman–Crippen LogP) is 4.46. The molecule has 1 amide bonds. The van der Waals surface area contributed by atoms with Crippen LogP contribution in [-0.4, -0.2) is 32.7 Å². The molecule has 2 aromatic heterocycles. The molecule has 0 fully saturated rings. The number of rotatable bonds is 6. The number of aromatic nitrogens is 3. The topological polar surface area (TPSA) is 86.1 Å². The molecule has 0 bridgehead atoms. The van der Waals surface area contributed by atoms with Crippen LogP contribution in [0.1, 0.15) is 62.6 Å². The van der Waals surface area contributed by atoms with Gasteiger partial charge in [0.25, 0.3) is 5.91 Å².